The van der Waals surface area contributed by atoms with Gasteiger partial charge in [-0.05, 0) is 44.5 Å². The lowest BCUT2D eigenvalue weighted by atomic mass is 10.2. The van der Waals surface area contributed by atoms with Gasteiger partial charge in [0.25, 0.3) is 0 Å². The van der Waals surface area contributed by atoms with E-state index in [1.807, 2.05) is 26.0 Å². The summed E-state index contributed by atoms with van der Waals surface area (Å²) in [5, 5.41) is 4.16. The molecule has 0 saturated carbocycles. The van der Waals surface area contributed by atoms with Gasteiger partial charge >= 0.3 is 0 Å². The van der Waals surface area contributed by atoms with Gasteiger partial charge in [0.1, 0.15) is 22.3 Å². The second kappa shape index (κ2) is 4.83. The highest BCUT2D eigenvalue weighted by molar-refractivity contribution is 7.18. The first-order valence-electron chi connectivity index (χ1n) is 6.31. The molecule has 3 nitrogen and oxygen atoms in total. The molecule has 5 heteroatoms. The Balaban J connectivity index is 2.07. The molecule has 0 radical (unpaired) electrons. The number of hydrogen-bond acceptors (Lipinski definition) is 4. The zero-order valence-corrected chi connectivity index (χ0v) is 12.3. The second-order valence-electron chi connectivity index (χ2n) is 4.78. The normalized spacial score (nSPS) is 11.0. The summed E-state index contributed by atoms with van der Waals surface area (Å²) >= 11 is 1.63. The van der Waals surface area contributed by atoms with Crippen LogP contribution in [0.15, 0.2) is 24.3 Å². The van der Waals surface area contributed by atoms with Gasteiger partial charge in [-0.3, -0.25) is 0 Å². The molecule has 0 aliphatic carbocycles. The molecule has 0 amide bonds. The van der Waals surface area contributed by atoms with Crippen molar-refractivity contribution >= 4 is 33.1 Å². The standard InChI is InChI=1S/C15H14FN3S/c1-8-4-5-11(7-13(8)16)19-14-12-6-9(2)20-15(12)18-10(3)17-14/h4-7H,1-3H3,(H,17,18,19). The topological polar surface area (TPSA) is 37.8 Å². The van der Waals surface area contributed by atoms with Gasteiger partial charge in [-0.15, -0.1) is 11.3 Å². The lowest BCUT2D eigenvalue weighted by Gasteiger charge is -2.08. The zero-order valence-electron chi connectivity index (χ0n) is 11.5. The Kier molecular flexibility index (Phi) is 3.14. The summed E-state index contributed by atoms with van der Waals surface area (Å²) in [6.45, 7) is 5.64. The van der Waals surface area contributed by atoms with Crippen LogP contribution in [-0.4, -0.2) is 9.97 Å². The summed E-state index contributed by atoms with van der Waals surface area (Å²) in [6, 6.07) is 7.13. The molecule has 0 aliphatic rings. The molecule has 2 aromatic heterocycles. The van der Waals surface area contributed by atoms with Crippen molar-refractivity contribution in [2.24, 2.45) is 0 Å². The number of benzene rings is 1. The summed E-state index contributed by atoms with van der Waals surface area (Å²) in [4.78, 5) is 11.0. The lowest BCUT2D eigenvalue weighted by Crippen LogP contribution is -1.98. The highest BCUT2D eigenvalue weighted by Crippen LogP contribution is 2.30. The van der Waals surface area contributed by atoms with E-state index in [0.717, 1.165) is 16.0 Å². The molecule has 0 aliphatic heterocycles. The van der Waals surface area contributed by atoms with Crippen molar-refractivity contribution in [3.8, 4) is 0 Å². The van der Waals surface area contributed by atoms with Gasteiger partial charge in [0, 0.05) is 10.6 Å². The van der Waals surface area contributed by atoms with Crippen molar-refractivity contribution in [1.82, 2.24) is 9.97 Å². The molecule has 0 spiro atoms. The maximum absolute atomic E-state index is 13.6. The van der Waals surface area contributed by atoms with E-state index >= 15 is 0 Å². The summed E-state index contributed by atoms with van der Waals surface area (Å²) < 4.78 is 13.6. The Bertz CT molecular complexity index is 795. The van der Waals surface area contributed by atoms with Crippen LogP contribution in [0, 0.1) is 26.6 Å². The quantitative estimate of drug-likeness (QED) is 0.754. The van der Waals surface area contributed by atoms with Gasteiger partial charge in [0.05, 0.1) is 5.39 Å². The Morgan fingerprint density at radius 3 is 2.65 bits per heavy atom. The van der Waals surface area contributed by atoms with E-state index < -0.39 is 0 Å². The Labute approximate surface area is 120 Å². The fraction of sp³-hybridized carbons (Fsp3) is 0.200. The Morgan fingerprint density at radius 2 is 1.90 bits per heavy atom. The lowest BCUT2D eigenvalue weighted by molar-refractivity contribution is 0.619. The van der Waals surface area contributed by atoms with Crippen molar-refractivity contribution in [1.29, 1.82) is 0 Å². The Morgan fingerprint density at radius 1 is 1.10 bits per heavy atom. The largest absolute Gasteiger partial charge is 0.339 e. The molecular formula is C15H14FN3S. The smallest absolute Gasteiger partial charge is 0.142 e. The van der Waals surface area contributed by atoms with E-state index in [9.17, 15) is 4.39 Å². The summed E-state index contributed by atoms with van der Waals surface area (Å²) in [5.74, 6) is 1.20. The summed E-state index contributed by atoms with van der Waals surface area (Å²) in [6.07, 6.45) is 0. The van der Waals surface area contributed by atoms with E-state index in [2.05, 4.69) is 15.3 Å². The average molecular weight is 287 g/mol. The highest BCUT2D eigenvalue weighted by atomic mass is 32.1. The van der Waals surface area contributed by atoms with Crippen molar-refractivity contribution in [2.75, 3.05) is 5.32 Å². The SMILES string of the molecule is Cc1nc(Nc2ccc(C)c(F)c2)c2cc(C)sc2n1. The van der Waals surface area contributed by atoms with Crippen LogP contribution in [0.2, 0.25) is 0 Å². The predicted molar refractivity (Wildman–Crippen MR) is 81.3 cm³/mol. The summed E-state index contributed by atoms with van der Waals surface area (Å²) in [5.41, 5.74) is 1.32. The van der Waals surface area contributed by atoms with Gasteiger partial charge in [-0.25, -0.2) is 14.4 Å². The first kappa shape index (κ1) is 13.0. The number of aromatic nitrogens is 2. The van der Waals surface area contributed by atoms with Crippen LogP contribution < -0.4 is 5.32 Å². The number of thiophene rings is 1. The number of nitrogens with one attached hydrogen (secondary N) is 1. The van der Waals surface area contributed by atoms with E-state index in [1.165, 1.54) is 10.9 Å². The number of halogens is 1. The van der Waals surface area contributed by atoms with Crippen LogP contribution in [-0.2, 0) is 0 Å². The van der Waals surface area contributed by atoms with Gasteiger partial charge in [0.15, 0.2) is 0 Å². The van der Waals surface area contributed by atoms with Crippen LogP contribution in [0.1, 0.15) is 16.3 Å². The fourth-order valence-corrected chi connectivity index (χ4v) is 2.98. The molecular weight excluding hydrogens is 273 g/mol. The predicted octanol–water partition coefficient (Wildman–Crippen LogP) is 4.50. The second-order valence-corrected chi connectivity index (χ2v) is 6.02. The van der Waals surface area contributed by atoms with Crippen molar-refractivity contribution in [3.05, 3.63) is 46.3 Å². The maximum atomic E-state index is 13.6. The minimum absolute atomic E-state index is 0.224. The number of nitrogens with zero attached hydrogens (tertiary/aromatic N) is 2. The molecule has 0 saturated heterocycles. The first-order chi connectivity index (χ1) is 9.52. The van der Waals surface area contributed by atoms with Gasteiger partial charge < -0.3 is 5.32 Å². The van der Waals surface area contributed by atoms with Crippen LogP contribution >= 0.6 is 11.3 Å². The van der Waals surface area contributed by atoms with Crippen LogP contribution in [0.3, 0.4) is 0 Å². The zero-order chi connectivity index (χ0) is 14.3. The molecule has 1 N–H and O–H groups in total. The molecule has 1 aromatic carbocycles. The third kappa shape index (κ3) is 2.36. The first-order valence-corrected chi connectivity index (χ1v) is 7.12. The van der Waals surface area contributed by atoms with Crippen LogP contribution in [0.4, 0.5) is 15.9 Å². The number of anilines is 2. The molecule has 0 fully saturated rings. The van der Waals surface area contributed by atoms with Crippen molar-refractivity contribution in [2.45, 2.75) is 20.8 Å². The maximum Gasteiger partial charge on any atom is 0.142 e. The van der Waals surface area contributed by atoms with Gasteiger partial charge in [0.2, 0.25) is 0 Å². The minimum Gasteiger partial charge on any atom is -0.339 e. The molecule has 20 heavy (non-hydrogen) atoms. The third-order valence-electron chi connectivity index (χ3n) is 3.06. The van der Waals surface area contributed by atoms with Crippen molar-refractivity contribution < 1.29 is 4.39 Å². The molecule has 0 bridgehead atoms. The molecule has 3 rings (SSSR count). The minimum atomic E-state index is -0.224. The average Bonchev–Trinajstić information content (AvgIpc) is 2.74. The van der Waals surface area contributed by atoms with Gasteiger partial charge in [-0.1, -0.05) is 6.07 Å². The van der Waals surface area contributed by atoms with Gasteiger partial charge in [-0.2, -0.15) is 0 Å². The third-order valence-corrected chi connectivity index (χ3v) is 4.01. The highest BCUT2D eigenvalue weighted by Gasteiger charge is 2.09. The molecule has 2 heterocycles. The number of fused-ring (bicyclic) bond motifs is 1. The number of aryl methyl sites for hydroxylation is 3. The molecule has 0 unspecified atom stereocenters. The number of rotatable bonds is 2. The van der Waals surface area contributed by atoms with E-state index in [1.54, 1.807) is 24.3 Å². The molecule has 0 atom stereocenters. The van der Waals surface area contributed by atoms with Crippen LogP contribution in [0.25, 0.3) is 10.2 Å². The molecule has 102 valence electrons. The van der Waals surface area contributed by atoms with Crippen LogP contribution in [0.5, 0.6) is 0 Å². The molecule has 3 aromatic rings. The van der Waals surface area contributed by atoms with E-state index in [0.29, 0.717) is 17.1 Å². The van der Waals surface area contributed by atoms with E-state index in [4.69, 9.17) is 0 Å². The van der Waals surface area contributed by atoms with E-state index in [-0.39, 0.29) is 5.82 Å². The van der Waals surface area contributed by atoms with Crippen molar-refractivity contribution in [3.63, 3.8) is 0 Å². The monoisotopic (exact) mass is 287 g/mol. The number of hydrogen-bond donors (Lipinski definition) is 1. The fourth-order valence-electron chi connectivity index (χ4n) is 2.05. The summed E-state index contributed by atoms with van der Waals surface area (Å²) in [7, 11) is 0. The Hall–Kier alpha value is -2.01.